The fraction of sp³-hybridized carbons (Fsp3) is 0.318. The number of nitrogens with one attached hydrogen (secondary N) is 1. The highest BCUT2D eigenvalue weighted by Crippen LogP contribution is 2.27. The first-order chi connectivity index (χ1) is 14.8. The number of carbonyl (C=O) groups is 3. The molecule has 1 aliphatic rings. The Morgan fingerprint density at radius 2 is 1.74 bits per heavy atom. The third kappa shape index (κ3) is 4.71. The summed E-state index contributed by atoms with van der Waals surface area (Å²) in [5.74, 6) is -1.63. The zero-order valence-corrected chi connectivity index (χ0v) is 17.3. The van der Waals surface area contributed by atoms with Gasteiger partial charge in [-0.3, -0.25) is 19.7 Å². The lowest BCUT2D eigenvalue weighted by Crippen LogP contribution is -2.38. The van der Waals surface area contributed by atoms with E-state index in [9.17, 15) is 24.5 Å². The van der Waals surface area contributed by atoms with Gasteiger partial charge in [0.15, 0.2) is 11.9 Å². The first kappa shape index (κ1) is 21.9. The monoisotopic (exact) mass is 425 g/mol. The largest absolute Gasteiger partial charge is 0.449 e. The molecule has 3 rings (SSSR count). The molecule has 31 heavy (non-hydrogen) atoms. The van der Waals surface area contributed by atoms with Crippen molar-refractivity contribution in [2.75, 3.05) is 25.5 Å². The van der Waals surface area contributed by atoms with Gasteiger partial charge in [-0.2, -0.15) is 0 Å². The van der Waals surface area contributed by atoms with Gasteiger partial charge >= 0.3 is 5.97 Å². The molecular formula is C22H23N3O6. The van der Waals surface area contributed by atoms with Crippen molar-refractivity contribution in [3.8, 4) is 0 Å². The second-order valence-corrected chi connectivity index (χ2v) is 7.19. The van der Waals surface area contributed by atoms with Crippen molar-refractivity contribution in [1.29, 1.82) is 0 Å². The molecule has 1 aliphatic heterocycles. The lowest BCUT2D eigenvalue weighted by Gasteiger charge is -2.20. The molecule has 1 amide bonds. The Morgan fingerprint density at radius 1 is 1.10 bits per heavy atom. The van der Waals surface area contributed by atoms with Crippen LogP contribution in [0.25, 0.3) is 0 Å². The number of likely N-dealkylation sites (tertiary alicyclic amines) is 1. The summed E-state index contributed by atoms with van der Waals surface area (Å²) >= 11 is 0. The summed E-state index contributed by atoms with van der Waals surface area (Å²) in [4.78, 5) is 50.6. The minimum absolute atomic E-state index is 0.00563. The highest BCUT2D eigenvalue weighted by molar-refractivity contribution is 6.15. The normalized spacial score (nSPS) is 14.1. The molecule has 162 valence electrons. The van der Waals surface area contributed by atoms with Crippen LogP contribution < -0.4 is 5.32 Å². The number of carbonyl (C=O) groups excluding carboxylic acids is 3. The Kier molecular flexibility index (Phi) is 6.64. The summed E-state index contributed by atoms with van der Waals surface area (Å²) in [5, 5.41) is 14.0. The summed E-state index contributed by atoms with van der Waals surface area (Å²) < 4.78 is 5.34. The number of hydrogen-bond acceptors (Lipinski definition) is 7. The summed E-state index contributed by atoms with van der Waals surface area (Å²) in [6.07, 6.45) is 0.856. The molecule has 0 aromatic heterocycles. The summed E-state index contributed by atoms with van der Waals surface area (Å²) in [6.45, 7) is 2.77. The van der Waals surface area contributed by atoms with Gasteiger partial charge in [-0.1, -0.05) is 18.2 Å². The van der Waals surface area contributed by atoms with Crippen LogP contribution in [0.3, 0.4) is 0 Å². The van der Waals surface area contributed by atoms with E-state index in [1.165, 1.54) is 31.2 Å². The highest BCUT2D eigenvalue weighted by Gasteiger charge is 2.28. The van der Waals surface area contributed by atoms with Gasteiger partial charge < -0.3 is 15.0 Å². The van der Waals surface area contributed by atoms with Crippen molar-refractivity contribution >= 4 is 29.0 Å². The van der Waals surface area contributed by atoms with Gasteiger partial charge in [-0.15, -0.1) is 0 Å². The molecule has 0 aliphatic carbocycles. The second kappa shape index (κ2) is 9.38. The Balaban J connectivity index is 1.85. The lowest BCUT2D eigenvalue weighted by atomic mass is 9.97. The predicted octanol–water partition coefficient (Wildman–Crippen LogP) is 3.04. The van der Waals surface area contributed by atoms with E-state index in [0.717, 1.165) is 18.9 Å². The molecule has 2 aromatic rings. The summed E-state index contributed by atoms with van der Waals surface area (Å²) in [5.41, 5.74) is 0.114. The average Bonchev–Trinajstić information content (AvgIpc) is 3.32. The van der Waals surface area contributed by atoms with Crippen LogP contribution in [0.15, 0.2) is 42.5 Å². The fourth-order valence-electron chi connectivity index (χ4n) is 3.52. The van der Waals surface area contributed by atoms with Gasteiger partial charge in [0.05, 0.1) is 10.5 Å². The van der Waals surface area contributed by atoms with Gasteiger partial charge in [0.25, 0.3) is 11.6 Å². The molecule has 1 unspecified atom stereocenters. The van der Waals surface area contributed by atoms with E-state index in [4.69, 9.17) is 4.74 Å². The molecule has 9 heteroatoms. The van der Waals surface area contributed by atoms with Crippen LogP contribution in [0.2, 0.25) is 0 Å². The molecule has 0 spiro atoms. The minimum atomic E-state index is -0.982. The van der Waals surface area contributed by atoms with Gasteiger partial charge in [0.1, 0.15) is 5.69 Å². The van der Waals surface area contributed by atoms with Crippen LogP contribution in [0.5, 0.6) is 0 Å². The van der Waals surface area contributed by atoms with E-state index < -0.39 is 22.8 Å². The topological polar surface area (TPSA) is 119 Å². The standard InChI is InChI=1S/C22H23N3O6/c1-14(21(27)24-11-5-6-12-24)31-22(28)17-8-4-3-7-16(17)20(26)15-9-10-18(23-2)19(13-15)25(29)30/h3-4,7-10,13-14,23H,5-6,11-12H2,1-2H3. The van der Waals surface area contributed by atoms with Crippen molar-refractivity contribution < 1.29 is 24.0 Å². The number of ketones is 1. The van der Waals surface area contributed by atoms with Crippen molar-refractivity contribution in [2.45, 2.75) is 25.9 Å². The zero-order chi connectivity index (χ0) is 22.5. The maximum atomic E-state index is 13.0. The summed E-state index contributed by atoms with van der Waals surface area (Å²) in [7, 11) is 1.54. The van der Waals surface area contributed by atoms with E-state index in [2.05, 4.69) is 5.32 Å². The number of ether oxygens (including phenoxy) is 1. The third-order valence-corrected chi connectivity index (χ3v) is 5.17. The molecule has 1 heterocycles. The molecular weight excluding hydrogens is 402 g/mol. The lowest BCUT2D eigenvalue weighted by molar-refractivity contribution is -0.384. The van der Waals surface area contributed by atoms with Crippen molar-refractivity contribution in [3.63, 3.8) is 0 Å². The van der Waals surface area contributed by atoms with Crippen molar-refractivity contribution in [1.82, 2.24) is 4.90 Å². The van der Waals surface area contributed by atoms with E-state index in [0.29, 0.717) is 13.1 Å². The highest BCUT2D eigenvalue weighted by atomic mass is 16.6. The van der Waals surface area contributed by atoms with Crippen molar-refractivity contribution in [3.05, 3.63) is 69.3 Å². The molecule has 9 nitrogen and oxygen atoms in total. The maximum Gasteiger partial charge on any atom is 0.339 e. The molecule has 0 bridgehead atoms. The van der Waals surface area contributed by atoms with E-state index in [1.807, 2.05) is 0 Å². The van der Waals surface area contributed by atoms with Crippen LogP contribution in [-0.4, -0.2) is 53.7 Å². The third-order valence-electron chi connectivity index (χ3n) is 5.17. The number of nitro benzene ring substituents is 1. The second-order valence-electron chi connectivity index (χ2n) is 7.19. The quantitative estimate of drug-likeness (QED) is 0.313. The van der Waals surface area contributed by atoms with Crippen LogP contribution in [0, 0.1) is 10.1 Å². The number of nitro groups is 1. The molecule has 1 N–H and O–H groups in total. The van der Waals surface area contributed by atoms with E-state index in [1.54, 1.807) is 24.1 Å². The van der Waals surface area contributed by atoms with Crippen molar-refractivity contribution in [2.24, 2.45) is 0 Å². The Labute approximate surface area is 179 Å². The van der Waals surface area contributed by atoms with Crippen LogP contribution >= 0.6 is 0 Å². The van der Waals surface area contributed by atoms with Crippen LogP contribution in [0.4, 0.5) is 11.4 Å². The Hall–Kier alpha value is -3.75. The number of rotatable bonds is 7. The van der Waals surface area contributed by atoms with Gasteiger partial charge in [0.2, 0.25) is 0 Å². The van der Waals surface area contributed by atoms with Gasteiger partial charge in [0, 0.05) is 37.3 Å². The van der Waals surface area contributed by atoms with E-state index in [-0.39, 0.29) is 34.0 Å². The maximum absolute atomic E-state index is 13.0. The number of amides is 1. The number of anilines is 1. The SMILES string of the molecule is CNc1ccc(C(=O)c2ccccc2C(=O)OC(C)C(=O)N2CCCC2)cc1[N+](=O)[O-]. The van der Waals surface area contributed by atoms with Gasteiger partial charge in [-0.25, -0.2) is 4.79 Å². The zero-order valence-electron chi connectivity index (χ0n) is 17.3. The number of nitrogens with zero attached hydrogens (tertiary/aromatic N) is 2. The average molecular weight is 425 g/mol. The predicted molar refractivity (Wildman–Crippen MR) is 113 cm³/mol. The number of esters is 1. The molecule has 0 radical (unpaired) electrons. The smallest absolute Gasteiger partial charge is 0.339 e. The first-order valence-electron chi connectivity index (χ1n) is 9.93. The fourth-order valence-corrected chi connectivity index (χ4v) is 3.52. The molecule has 1 atom stereocenters. The minimum Gasteiger partial charge on any atom is -0.449 e. The summed E-state index contributed by atoms with van der Waals surface area (Å²) in [6, 6.07) is 10.1. The van der Waals surface area contributed by atoms with Crippen LogP contribution in [-0.2, 0) is 9.53 Å². The van der Waals surface area contributed by atoms with Crippen LogP contribution in [0.1, 0.15) is 46.0 Å². The number of hydrogen-bond donors (Lipinski definition) is 1. The van der Waals surface area contributed by atoms with Gasteiger partial charge in [-0.05, 0) is 38.0 Å². The Bertz CT molecular complexity index is 1030. The number of benzene rings is 2. The molecule has 0 saturated carbocycles. The molecule has 1 fully saturated rings. The Morgan fingerprint density at radius 3 is 2.35 bits per heavy atom. The molecule has 2 aromatic carbocycles. The first-order valence-corrected chi connectivity index (χ1v) is 9.93. The van der Waals surface area contributed by atoms with E-state index >= 15 is 0 Å². The molecule has 1 saturated heterocycles.